The van der Waals surface area contributed by atoms with E-state index >= 15 is 0 Å². The van der Waals surface area contributed by atoms with E-state index < -0.39 is 5.82 Å². The van der Waals surface area contributed by atoms with Crippen LogP contribution in [0, 0.1) is 5.82 Å². The quantitative estimate of drug-likeness (QED) is 0.860. The highest BCUT2D eigenvalue weighted by Gasteiger charge is 2.12. The van der Waals surface area contributed by atoms with Gasteiger partial charge in [-0.2, -0.15) is 0 Å². The molecule has 6 heteroatoms. The molecule has 0 radical (unpaired) electrons. The first-order valence-electron chi connectivity index (χ1n) is 6.79. The molecule has 22 heavy (non-hydrogen) atoms. The lowest BCUT2D eigenvalue weighted by molar-refractivity contribution is -0.682. The fourth-order valence-electron chi connectivity index (χ4n) is 1.98. The standard InChI is InChI=1S/C16H15Cl2FN2O/c1-10(11-2-4-12(17)5-3-11)20-9-16(22)21-15-7-6-13(19)8-14(15)18/h2-8,10,20H,9H2,1H3,(H,21,22)/p+1/t10-/m0/s1. The summed E-state index contributed by atoms with van der Waals surface area (Å²) >= 11 is 11.7. The summed E-state index contributed by atoms with van der Waals surface area (Å²) in [4.78, 5) is 11.9. The van der Waals surface area contributed by atoms with Crippen molar-refractivity contribution in [3.8, 4) is 0 Å². The van der Waals surface area contributed by atoms with Gasteiger partial charge in [0.1, 0.15) is 11.9 Å². The van der Waals surface area contributed by atoms with Crippen molar-refractivity contribution in [1.29, 1.82) is 0 Å². The molecule has 0 bridgehead atoms. The number of hydrogen-bond donors (Lipinski definition) is 2. The first kappa shape index (κ1) is 16.7. The van der Waals surface area contributed by atoms with E-state index in [1.807, 2.05) is 36.5 Å². The molecule has 116 valence electrons. The van der Waals surface area contributed by atoms with Crippen LogP contribution in [0.15, 0.2) is 42.5 Å². The van der Waals surface area contributed by atoms with Gasteiger partial charge in [-0.3, -0.25) is 4.79 Å². The van der Waals surface area contributed by atoms with Crippen LogP contribution >= 0.6 is 23.2 Å². The molecule has 3 nitrogen and oxygen atoms in total. The maximum absolute atomic E-state index is 12.9. The van der Waals surface area contributed by atoms with Gasteiger partial charge in [0.2, 0.25) is 0 Å². The Balaban J connectivity index is 1.88. The minimum absolute atomic E-state index is 0.117. The highest BCUT2D eigenvalue weighted by Crippen LogP contribution is 2.22. The van der Waals surface area contributed by atoms with Crippen molar-refractivity contribution in [2.75, 3.05) is 11.9 Å². The molecule has 0 aliphatic heterocycles. The van der Waals surface area contributed by atoms with E-state index in [2.05, 4.69) is 5.32 Å². The second-order valence-electron chi connectivity index (χ2n) is 4.95. The average molecular weight is 342 g/mol. The fourth-order valence-corrected chi connectivity index (χ4v) is 2.32. The molecular formula is C16H16Cl2FN2O+. The predicted molar refractivity (Wildman–Crippen MR) is 86.7 cm³/mol. The first-order valence-corrected chi connectivity index (χ1v) is 7.55. The molecule has 0 aliphatic carbocycles. The van der Waals surface area contributed by atoms with Crippen LogP contribution in [0.25, 0.3) is 0 Å². The third-order valence-corrected chi connectivity index (χ3v) is 3.82. The summed E-state index contributed by atoms with van der Waals surface area (Å²) in [6.07, 6.45) is 0. The Kier molecular flexibility index (Phi) is 5.77. The van der Waals surface area contributed by atoms with Crippen molar-refractivity contribution in [1.82, 2.24) is 0 Å². The Bertz CT molecular complexity index is 662. The van der Waals surface area contributed by atoms with E-state index in [0.29, 0.717) is 10.7 Å². The summed E-state index contributed by atoms with van der Waals surface area (Å²) in [6.45, 7) is 2.24. The number of halogens is 3. The van der Waals surface area contributed by atoms with E-state index in [1.54, 1.807) is 0 Å². The highest BCUT2D eigenvalue weighted by atomic mass is 35.5. The minimum Gasteiger partial charge on any atom is -0.333 e. The van der Waals surface area contributed by atoms with Gasteiger partial charge in [0, 0.05) is 10.6 Å². The molecule has 1 amide bonds. The largest absolute Gasteiger partial charge is 0.333 e. The summed E-state index contributed by atoms with van der Waals surface area (Å²) in [7, 11) is 0. The molecule has 2 aromatic carbocycles. The van der Waals surface area contributed by atoms with Crippen molar-refractivity contribution < 1.29 is 14.5 Å². The number of carbonyl (C=O) groups excluding carboxylic acids is 1. The fraction of sp³-hybridized carbons (Fsp3) is 0.188. The molecule has 0 saturated carbocycles. The Morgan fingerprint density at radius 2 is 1.91 bits per heavy atom. The molecule has 1 atom stereocenters. The maximum atomic E-state index is 12.9. The van der Waals surface area contributed by atoms with Crippen LogP contribution in [0.2, 0.25) is 10.0 Å². The van der Waals surface area contributed by atoms with Crippen LogP contribution < -0.4 is 10.6 Å². The van der Waals surface area contributed by atoms with Gasteiger partial charge in [-0.1, -0.05) is 35.3 Å². The molecular weight excluding hydrogens is 326 g/mol. The molecule has 0 heterocycles. The van der Waals surface area contributed by atoms with Gasteiger partial charge in [-0.05, 0) is 37.3 Å². The number of carbonyl (C=O) groups is 1. The molecule has 2 rings (SSSR count). The summed E-state index contributed by atoms with van der Waals surface area (Å²) < 4.78 is 12.9. The zero-order valence-corrected chi connectivity index (χ0v) is 13.5. The molecule has 3 N–H and O–H groups in total. The second kappa shape index (κ2) is 7.58. The van der Waals surface area contributed by atoms with Crippen LogP contribution in [0.1, 0.15) is 18.5 Å². The van der Waals surface area contributed by atoms with Gasteiger partial charge in [-0.25, -0.2) is 4.39 Å². The lowest BCUT2D eigenvalue weighted by Gasteiger charge is -2.12. The van der Waals surface area contributed by atoms with E-state index in [1.165, 1.54) is 12.1 Å². The maximum Gasteiger partial charge on any atom is 0.279 e. The minimum atomic E-state index is -0.439. The van der Waals surface area contributed by atoms with Crippen LogP contribution in [-0.2, 0) is 4.79 Å². The molecule has 0 fully saturated rings. The number of benzene rings is 2. The molecule has 0 unspecified atom stereocenters. The van der Waals surface area contributed by atoms with Gasteiger partial charge in [0.25, 0.3) is 5.91 Å². The molecule has 0 aliphatic rings. The molecule has 0 spiro atoms. The van der Waals surface area contributed by atoms with Crippen LogP contribution in [0.3, 0.4) is 0 Å². The number of nitrogens with one attached hydrogen (secondary N) is 1. The number of anilines is 1. The van der Waals surface area contributed by atoms with Crippen molar-refractivity contribution in [3.05, 3.63) is 63.9 Å². The predicted octanol–water partition coefficient (Wildman–Crippen LogP) is 3.40. The Morgan fingerprint density at radius 1 is 1.23 bits per heavy atom. The normalized spacial score (nSPS) is 12.0. The molecule has 0 aromatic heterocycles. The van der Waals surface area contributed by atoms with Gasteiger partial charge >= 0.3 is 0 Å². The number of amides is 1. The zero-order valence-electron chi connectivity index (χ0n) is 11.9. The van der Waals surface area contributed by atoms with E-state index in [-0.39, 0.29) is 23.5 Å². The SMILES string of the molecule is C[C@H]([NH2+]CC(=O)Nc1ccc(F)cc1Cl)c1ccc(Cl)cc1. The van der Waals surface area contributed by atoms with Gasteiger partial charge in [-0.15, -0.1) is 0 Å². The van der Waals surface area contributed by atoms with Gasteiger partial charge in [0.15, 0.2) is 6.54 Å². The smallest absolute Gasteiger partial charge is 0.279 e. The first-order chi connectivity index (χ1) is 10.5. The highest BCUT2D eigenvalue weighted by molar-refractivity contribution is 6.33. The number of hydrogen-bond acceptors (Lipinski definition) is 1. The third-order valence-electron chi connectivity index (χ3n) is 3.26. The number of nitrogens with two attached hydrogens (primary N) is 1. The second-order valence-corrected chi connectivity index (χ2v) is 5.80. The van der Waals surface area contributed by atoms with Crippen molar-refractivity contribution >= 4 is 34.8 Å². The van der Waals surface area contributed by atoms with Crippen molar-refractivity contribution in [2.45, 2.75) is 13.0 Å². The third kappa shape index (κ3) is 4.70. The Hall–Kier alpha value is -1.62. The molecule has 2 aromatic rings. The van der Waals surface area contributed by atoms with Crippen molar-refractivity contribution in [2.24, 2.45) is 0 Å². The van der Waals surface area contributed by atoms with Gasteiger partial charge in [0.05, 0.1) is 10.7 Å². The van der Waals surface area contributed by atoms with Crippen LogP contribution in [0.5, 0.6) is 0 Å². The number of rotatable bonds is 5. The monoisotopic (exact) mass is 341 g/mol. The molecule has 0 saturated heterocycles. The average Bonchev–Trinajstić information content (AvgIpc) is 2.48. The Morgan fingerprint density at radius 3 is 2.55 bits per heavy atom. The van der Waals surface area contributed by atoms with E-state index in [0.717, 1.165) is 11.6 Å². The van der Waals surface area contributed by atoms with Gasteiger partial charge < -0.3 is 10.6 Å². The summed E-state index contributed by atoms with van der Waals surface area (Å²) in [5.41, 5.74) is 1.48. The topological polar surface area (TPSA) is 45.7 Å². The van der Waals surface area contributed by atoms with Crippen LogP contribution in [-0.4, -0.2) is 12.5 Å². The summed E-state index contributed by atoms with van der Waals surface area (Å²) in [5, 5.41) is 5.42. The summed E-state index contributed by atoms with van der Waals surface area (Å²) in [5.74, 6) is -0.639. The lowest BCUT2D eigenvalue weighted by atomic mass is 10.1. The summed E-state index contributed by atoms with van der Waals surface area (Å²) in [6, 6.07) is 11.5. The Labute approximate surface area is 138 Å². The lowest BCUT2D eigenvalue weighted by Crippen LogP contribution is -2.86. The van der Waals surface area contributed by atoms with E-state index in [9.17, 15) is 9.18 Å². The number of quaternary nitrogens is 1. The van der Waals surface area contributed by atoms with Crippen molar-refractivity contribution in [3.63, 3.8) is 0 Å². The van der Waals surface area contributed by atoms with E-state index in [4.69, 9.17) is 23.2 Å². The van der Waals surface area contributed by atoms with Crippen LogP contribution in [0.4, 0.5) is 10.1 Å². The zero-order chi connectivity index (χ0) is 16.1.